The molecular formula is C9H12N6O4. The molecule has 0 atom stereocenters. The molecule has 10 nitrogen and oxygen atoms in total. The van der Waals surface area contributed by atoms with Crippen molar-refractivity contribution in [3.8, 4) is 0 Å². The van der Waals surface area contributed by atoms with Gasteiger partial charge in [-0.25, -0.2) is 9.78 Å². The SMILES string of the molecule is NC(=O)NCCNC(=O)c1cc([N+](=O)[O-])cnc1N. The Morgan fingerprint density at radius 1 is 1.37 bits per heavy atom. The first-order valence-corrected chi connectivity index (χ1v) is 5.13. The number of anilines is 1. The number of pyridine rings is 1. The molecule has 0 unspecified atom stereocenters. The van der Waals surface area contributed by atoms with Crippen molar-refractivity contribution in [2.75, 3.05) is 18.8 Å². The number of nitrogens with two attached hydrogens (primary N) is 2. The summed E-state index contributed by atoms with van der Waals surface area (Å²) in [5.41, 5.74) is 9.85. The first-order chi connectivity index (χ1) is 8.91. The van der Waals surface area contributed by atoms with E-state index in [0.29, 0.717) is 0 Å². The average Bonchev–Trinajstić information content (AvgIpc) is 2.34. The molecule has 1 rings (SSSR count). The highest BCUT2D eigenvalue weighted by Crippen LogP contribution is 2.16. The third-order valence-electron chi connectivity index (χ3n) is 2.07. The van der Waals surface area contributed by atoms with E-state index in [1.807, 2.05) is 0 Å². The fraction of sp³-hybridized carbons (Fsp3) is 0.222. The van der Waals surface area contributed by atoms with Crippen molar-refractivity contribution in [3.63, 3.8) is 0 Å². The van der Waals surface area contributed by atoms with E-state index in [2.05, 4.69) is 15.6 Å². The third-order valence-corrected chi connectivity index (χ3v) is 2.07. The number of rotatable bonds is 5. The van der Waals surface area contributed by atoms with E-state index in [0.717, 1.165) is 12.3 Å². The molecule has 102 valence electrons. The van der Waals surface area contributed by atoms with Crippen molar-refractivity contribution in [3.05, 3.63) is 27.9 Å². The van der Waals surface area contributed by atoms with Crippen LogP contribution in [0.25, 0.3) is 0 Å². The van der Waals surface area contributed by atoms with Gasteiger partial charge < -0.3 is 22.1 Å². The van der Waals surface area contributed by atoms with E-state index in [-0.39, 0.29) is 30.2 Å². The Bertz CT molecular complexity index is 517. The van der Waals surface area contributed by atoms with Gasteiger partial charge in [0.15, 0.2) is 0 Å². The maximum Gasteiger partial charge on any atom is 0.312 e. The van der Waals surface area contributed by atoms with Crippen molar-refractivity contribution >= 4 is 23.4 Å². The second-order valence-corrected chi connectivity index (χ2v) is 3.43. The predicted octanol–water partition coefficient (Wildman–Crippen LogP) is -1.03. The highest BCUT2D eigenvalue weighted by atomic mass is 16.6. The van der Waals surface area contributed by atoms with Crippen LogP contribution >= 0.6 is 0 Å². The van der Waals surface area contributed by atoms with Crippen molar-refractivity contribution in [2.45, 2.75) is 0 Å². The van der Waals surface area contributed by atoms with Crippen molar-refractivity contribution in [1.82, 2.24) is 15.6 Å². The van der Waals surface area contributed by atoms with E-state index < -0.39 is 16.9 Å². The second kappa shape index (κ2) is 6.14. The van der Waals surface area contributed by atoms with Gasteiger partial charge >= 0.3 is 6.03 Å². The maximum absolute atomic E-state index is 11.7. The number of nitro groups is 1. The zero-order valence-electron chi connectivity index (χ0n) is 9.75. The summed E-state index contributed by atoms with van der Waals surface area (Å²) in [5, 5.41) is 15.2. The van der Waals surface area contributed by atoms with Crippen LogP contribution < -0.4 is 22.1 Å². The van der Waals surface area contributed by atoms with Crippen LogP contribution in [0.15, 0.2) is 12.3 Å². The molecule has 0 fully saturated rings. The zero-order valence-corrected chi connectivity index (χ0v) is 9.75. The van der Waals surface area contributed by atoms with E-state index in [1.54, 1.807) is 0 Å². The Morgan fingerprint density at radius 2 is 2.00 bits per heavy atom. The molecule has 0 bridgehead atoms. The van der Waals surface area contributed by atoms with Crippen LogP contribution in [0.1, 0.15) is 10.4 Å². The highest BCUT2D eigenvalue weighted by Gasteiger charge is 2.16. The van der Waals surface area contributed by atoms with Gasteiger partial charge in [0.2, 0.25) is 0 Å². The molecule has 10 heteroatoms. The van der Waals surface area contributed by atoms with Gasteiger partial charge in [0.05, 0.1) is 10.5 Å². The average molecular weight is 268 g/mol. The molecule has 0 saturated carbocycles. The quantitative estimate of drug-likeness (QED) is 0.302. The first-order valence-electron chi connectivity index (χ1n) is 5.13. The predicted molar refractivity (Wildman–Crippen MR) is 65.2 cm³/mol. The molecule has 1 aromatic rings. The van der Waals surface area contributed by atoms with Gasteiger partial charge in [-0.3, -0.25) is 14.9 Å². The molecule has 19 heavy (non-hydrogen) atoms. The van der Waals surface area contributed by atoms with Crippen LogP contribution in [0.2, 0.25) is 0 Å². The van der Waals surface area contributed by atoms with E-state index in [1.165, 1.54) is 0 Å². The minimum atomic E-state index is -0.717. The van der Waals surface area contributed by atoms with E-state index in [4.69, 9.17) is 11.5 Å². The number of nitrogens with one attached hydrogen (secondary N) is 2. The number of hydrogen-bond acceptors (Lipinski definition) is 6. The molecule has 6 N–H and O–H groups in total. The lowest BCUT2D eigenvalue weighted by Gasteiger charge is -2.06. The number of urea groups is 1. The van der Waals surface area contributed by atoms with Crippen LogP contribution in [0, 0.1) is 10.1 Å². The molecule has 0 spiro atoms. The molecule has 0 radical (unpaired) electrons. The van der Waals surface area contributed by atoms with Gasteiger partial charge in [-0.15, -0.1) is 0 Å². The third kappa shape index (κ3) is 4.11. The molecule has 0 aromatic carbocycles. The topological polar surface area (TPSA) is 166 Å². The minimum Gasteiger partial charge on any atom is -0.383 e. The molecule has 3 amide bonds. The molecule has 0 aliphatic rings. The summed E-state index contributed by atoms with van der Waals surface area (Å²) < 4.78 is 0. The second-order valence-electron chi connectivity index (χ2n) is 3.43. The van der Waals surface area contributed by atoms with Gasteiger partial charge in [0.1, 0.15) is 12.0 Å². The molecule has 0 aliphatic carbocycles. The van der Waals surface area contributed by atoms with Crippen molar-refractivity contribution in [1.29, 1.82) is 0 Å². The largest absolute Gasteiger partial charge is 0.383 e. The van der Waals surface area contributed by atoms with Gasteiger partial charge in [-0.1, -0.05) is 0 Å². The van der Waals surface area contributed by atoms with Crippen molar-refractivity contribution in [2.24, 2.45) is 5.73 Å². The van der Waals surface area contributed by atoms with Gasteiger partial charge in [0.25, 0.3) is 11.6 Å². The Labute approximate surface area is 107 Å². The molecule has 0 saturated heterocycles. The van der Waals surface area contributed by atoms with Crippen molar-refractivity contribution < 1.29 is 14.5 Å². The first kappa shape index (κ1) is 14.2. The lowest BCUT2D eigenvalue weighted by molar-refractivity contribution is -0.385. The number of amides is 3. The number of nitrogen functional groups attached to an aromatic ring is 1. The van der Waals surface area contributed by atoms with E-state index in [9.17, 15) is 19.7 Å². The summed E-state index contributed by atoms with van der Waals surface area (Å²) in [4.78, 5) is 35.5. The van der Waals surface area contributed by atoms with E-state index >= 15 is 0 Å². The Kier molecular flexibility index (Phi) is 4.57. The fourth-order valence-electron chi connectivity index (χ4n) is 1.20. The number of nitrogens with zero attached hydrogens (tertiary/aromatic N) is 2. The Morgan fingerprint density at radius 3 is 2.58 bits per heavy atom. The lowest BCUT2D eigenvalue weighted by atomic mass is 10.2. The van der Waals surface area contributed by atoms with Crippen LogP contribution in [-0.2, 0) is 0 Å². The van der Waals surface area contributed by atoms with Gasteiger partial charge in [0, 0.05) is 19.2 Å². The lowest BCUT2D eigenvalue weighted by Crippen LogP contribution is -2.37. The van der Waals surface area contributed by atoms with Crippen LogP contribution in [0.3, 0.4) is 0 Å². The summed E-state index contributed by atoms with van der Waals surface area (Å²) in [6.45, 7) is 0.229. The molecule has 0 aliphatic heterocycles. The van der Waals surface area contributed by atoms with Crippen LogP contribution in [0.4, 0.5) is 16.3 Å². The summed E-state index contributed by atoms with van der Waals surface area (Å²) >= 11 is 0. The maximum atomic E-state index is 11.7. The summed E-state index contributed by atoms with van der Waals surface area (Å²) in [5.74, 6) is -0.745. The summed E-state index contributed by atoms with van der Waals surface area (Å²) in [6.07, 6.45) is 0.959. The molecule has 1 heterocycles. The fourth-order valence-corrected chi connectivity index (χ4v) is 1.20. The van der Waals surface area contributed by atoms with Crippen LogP contribution in [0.5, 0.6) is 0 Å². The normalized spacial score (nSPS) is 9.68. The minimum absolute atomic E-state index is 0.101. The Hall–Kier alpha value is -2.91. The number of primary amides is 1. The number of carbonyl (C=O) groups excluding carboxylic acids is 2. The monoisotopic (exact) mass is 268 g/mol. The summed E-state index contributed by atoms with van der Waals surface area (Å²) in [7, 11) is 0. The van der Waals surface area contributed by atoms with Crippen LogP contribution in [-0.4, -0.2) is 34.9 Å². The molecule has 1 aromatic heterocycles. The highest BCUT2D eigenvalue weighted by molar-refractivity contribution is 5.98. The Balaban J connectivity index is 2.68. The van der Waals surface area contributed by atoms with Gasteiger partial charge in [-0.05, 0) is 0 Å². The molecular weight excluding hydrogens is 256 g/mol. The smallest absolute Gasteiger partial charge is 0.312 e. The van der Waals surface area contributed by atoms with Gasteiger partial charge in [-0.2, -0.15) is 0 Å². The number of aromatic nitrogens is 1. The standard InChI is InChI=1S/C9H12N6O4/c10-7-6(3-5(4-14-7)15(18)19)8(16)12-1-2-13-9(11)17/h3-4H,1-2H2,(H2,10,14)(H,12,16)(H3,11,13,17). The zero-order chi connectivity index (χ0) is 14.4. The number of hydrogen-bond donors (Lipinski definition) is 4. The summed E-state index contributed by atoms with van der Waals surface area (Å²) in [6, 6.07) is 0.310. The number of carbonyl (C=O) groups is 2.